The van der Waals surface area contributed by atoms with Gasteiger partial charge >= 0.3 is 5.97 Å². The van der Waals surface area contributed by atoms with Crippen LogP contribution in [-0.2, 0) is 34.9 Å². The van der Waals surface area contributed by atoms with Crippen molar-refractivity contribution in [3.8, 4) is 11.1 Å². The number of aromatic nitrogens is 1. The monoisotopic (exact) mass is 782 g/mol. The summed E-state index contributed by atoms with van der Waals surface area (Å²) in [4.78, 5) is 52.3. The first-order valence-corrected chi connectivity index (χ1v) is 19.8. The Balaban J connectivity index is 1.65. The van der Waals surface area contributed by atoms with Crippen LogP contribution in [0.1, 0.15) is 50.8 Å². The predicted octanol–water partition coefficient (Wildman–Crippen LogP) is 3.53. The molecule has 274 valence electrons. The summed E-state index contributed by atoms with van der Waals surface area (Å²) in [5.74, 6) is -3.93. The Hall–Kier alpha value is -5.57. The average Bonchev–Trinajstić information content (AvgIpc) is 3.09. The van der Waals surface area contributed by atoms with Gasteiger partial charge in [0.25, 0.3) is 25.8 Å². The SMILES string of the molecule is O=C(O)CCCS(=O)(=O)c1ccc(Nc2cc(S(=O)(=O)O)c3[nH]c(=O)c(C(=O)C(O)c4ccccc4)c4c3c2C(=O)c2ccccc2-4)c(S(=O)(=O)O)c1. The average molecular weight is 783 g/mol. The molecule has 1 aliphatic rings. The van der Waals surface area contributed by atoms with E-state index in [9.17, 15) is 58.6 Å². The molecule has 0 aliphatic heterocycles. The number of hydrogen-bond donors (Lipinski definition) is 6. The van der Waals surface area contributed by atoms with Crippen molar-refractivity contribution >= 4 is 69.9 Å². The van der Waals surface area contributed by atoms with Crippen LogP contribution >= 0.6 is 0 Å². The number of Topliss-reactive ketones (excluding diaryl/α,β-unsaturated/α-hetero) is 1. The van der Waals surface area contributed by atoms with Crippen LogP contribution in [0.25, 0.3) is 22.0 Å². The second-order valence-electron chi connectivity index (χ2n) is 11.9. The Morgan fingerprint density at radius 2 is 1.38 bits per heavy atom. The number of carbonyl (C=O) groups excluding carboxylic acids is 2. The fraction of sp³-hybridized carbons (Fsp3) is 0.118. The van der Waals surface area contributed by atoms with Crippen molar-refractivity contribution in [2.75, 3.05) is 11.1 Å². The van der Waals surface area contributed by atoms with Crippen molar-refractivity contribution in [2.24, 2.45) is 0 Å². The van der Waals surface area contributed by atoms with Crippen LogP contribution in [0, 0.1) is 0 Å². The van der Waals surface area contributed by atoms with Crippen molar-refractivity contribution in [1.29, 1.82) is 0 Å². The van der Waals surface area contributed by atoms with Gasteiger partial charge < -0.3 is 20.5 Å². The molecular weight excluding hydrogens is 757 g/mol. The van der Waals surface area contributed by atoms with E-state index < -0.39 is 114 Å². The van der Waals surface area contributed by atoms with Gasteiger partial charge in [0.15, 0.2) is 15.6 Å². The lowest BCUT2D eigenvalue weighted by Crippen LogP contribution is -2.27. The van der Waals surface area contributed by atoms with Crippen LogP contribution < -0.4 is 10.9 Å². The van der Waals surface area contributed by atoms with Gasteiger partial charge in [0.1, 0.15) is 15.9 Å². The molecule has 1 atom stereocenters. The molecule has 0 bridgehead atoms. The summed E-state index contributed by atoms with van der Waals surface area (Å²) in [6, 6.07) is 16.2. The highest BCUT2D eigenvalue weighted by Gasteiger charge is 2.37. The Bertz CT molecular complexity index is 2800. The normalized spacial score (nSPS) is 13.4. The van der Waals surface area contributed by atoms with Gasteiger partial charge in [-0.3, -0.25) is 28.3 Å². The number of aromatic amines is 1. The first-order chi connectivity index (χ1) is 24.8. The third-order valence-corrected chi connectivity index (χ3v) is 12.0. The molecule has 6 rings (SSSR count). The molecule has 0 spiro atoms. The number of nitrogens with one attached hydrogen (secondary N) is 2. The molecule has 0 saturated heterocycles. The maximum Gasteiger partial charge on any atom is 0.303 e. The van der Waals surface area contributed by atoms with Crippen LogP contribution in [-0.4, -0.2) is 72.8 Å². The van der Waals surface area contributed by atoms with E-state index in [1.54, 1.807) is 6.07 Å². The molecule has 5 aromatic rings. The molecule has 19 heteroatoms. The highest BCUT2D eigenvalue weighted by Crippen LogP contribution is 2.46. The summed E-state index contributed by atoms with van der Waals surface area (Å²) >= 11 is 0. The van der Waals surface area contributed by atoms with Crippen molar-refractivity contribution < 1.29 is 59.0 Å². The maximum atomic E-state index is 14.2. The zero-order chi connectivity index (χ0) is 38.6. The smallest absolute Gasteiger partial charge is 0.303 e. The minimum Gasteiger partial charge on any atom is -0.481 e. The van der Waals surface area contributed by atoms with Gasteiger partial charge in [0.05, 0.1) is 38.7 Å². The number of ketones is 2. The van der Waals surface area contributed by atoms with Crippen LogP contribution in [0.5, 0.6) is 0 Å². The Kier molecular flexibility index (Phi) is 9.43. The number of carboxylic acid groups (broad SMARTS) is 1. The number of H-pyrrole nitrogens is 1. The fourth-order valence-corrected chi connectivity index (χ4v) is 8.89. The van der Waals surface area contributed by atoms with Gasteiger partial charge in [-0.2, -0.15) is 16.8 Å². The van der Waals surface area contributed by atoms with E-state index in [-0.39, 0.29) is 34.1 Å². The summed E-state index contributed by atoms with van der Waals surface area (Å²) in [6.07, 6.45) is -2.73. The van der Waals surface area contributed by atoms with Gasteiger partial charge in [-0.15, -0.1) is 0 Å². The minimum absolute atomic E-state index is 0.0146. The van der Waals surface area contributed by atoms with E-state index in [2.05, 4.69) is 10.3 Å². The van der Waals surface area contributed by atoms with Crippen LogP contribution in [0.15, 0.2) is 98.3 Å². The standard InChI is InChI=1S/C34H26N2O14S3/c37-25(38)11-6-14-51(43,44)18-12-13-21(23(15-18)52(45,46)47)35-22-16-24(53(48,49)50)30-28-26(19-9-4-5-10-20(19)32(40)27(22)28)29(34(42)36-30)33(41)31(39)17-7-2-1-3-8-17/h1-5,7-10,12-13,15-16,31,35,39H,6,11,14H2,(H,36,42)(H,37,38)(H,45,46,47)(H,48,49,50). The Labute approximate surface area is 300 Å². The lowest BCUT2D eigenvalue weighted by molar-refractivity contribution is -0.137. The summed E-state index contributed by atoms with van der Waals surface area (Å²) in [5, 5.41) is 22.1. The number of rotatable bonds is 12. The van der Waals surface area contributed by atoms with E-state index in [0.717, 1.165) is 12.1 Å². The van der Waals surface area contributed by atoms with Crippen LogP contribution in [0.3, 0.4) is 0 Å². The molecule has 1 heterocycles. The van der Waals surface area contributed by atoms with E-state index in [1.807, 2.05) is 0 Å². The molecule has 0 amide bonds. The number of sulfone groups is 1. The van der Waals surface area contributed by atoms with Crippen molar-refractivity contribution in [2.45, 2.75) is 33.6 Å². The topological polar surface area (TPSA) is 279 Å². The summed E-state index contributed by atoms with van der Waals surface area (Å²) in [6.45, 7) is 0. The van der Waals surface area contributed by atoms with Crippen molar-refractivity contribution in [3.05, 3.63) is 111 Å². The molecule has 1 unspecified atom stereocenters. The molecule has 16 nitrogen and oxygen atoms in total. The first-order valence-electron chi connectivity index (χ1n) is 15.3. The largest absolute Gasteiger partial charge is 0.481 e. The fourth-order valence-electron chi connectivity index (χ4n) is 6.14. The molecule has 6 N–H and O–H groups in total. The summed E-state index contributed by atoms with van der Waals surface area (Å²) in [7, 11) is -14.9. The summed E-state index contributed by atoms with van der Waals surface area (Å²) in [5.41, 5.74) is -4.32. The third-order valence-electron chi connectivity index (χ3n) is 8.48. The minimum atomic E-state index is -5.29. The van der Waals surface area contributed by atoms with Crippen molar-refractivity contribution in [3.63, 3.8) is 0 Å². The number of fused-ring (bicyclic) bond motifs is 2. The third kappa shape index (κ3) is 6.88. The number of hydrogen-bond acceptors (Lipinski definition) is 12. The molecule has 1 aliphatic carbocycles. The molecule has 0 fully saturated rings. The number of anilines is 2. The number of benzene rings is 4. The number of aliphatic hydroxyl groups is 1. The van der Waals surface area contributed by atoms with Gasteiger partial charge in [-0.1, -0.05) is 54.6 Å². The van der Waals surface area contributed by atoms with Gasteiger partial charge in [0.2, 0.25) is 5.78 Å². The zero-order valence-electron chi connectivity index (χ0n) is 26.8. The number of aliphatic carboxylic acids is 1. The lowest BCUT2D eigenvalue weighted by atomic mass is 9.80. The molecule has 0 saturated carbocycles. The predicted molar refractivity (Wildman–Crippen MR) is 187 cm³/mol. The number of carboxylic acids is 1. The molecular formula is C34H26N2O14S3. The van der Waals surface area contributed by atoms with Crippen LogP contribution in [0.2, 0.25) is 0 Å². The highest BCUT2D eigenvalue weighted by molar-refractivity contribution is 7.91. The number of aliphatic hydroxyl groups excluding tert-OH is 1. The van der Waals surface area contributed by atoms with Gasteiger partial charge in [0, 0.05) is 22.9 Å². The van der Waals surface area contributed by atoms with E-state index in [0.29, 0.717) is 12.1 Å². The molecule has 1 aromatic heterocycles. The number of carbonyl (C=O) groups is 3. The Morgan fingerprint density at radius 1 is 0.755 bits per heavy atom. The second-order valence-corrected chi connectivity index (χ2v) is 16.7. The van der Waals surface area contributed by atoms with Crippen LogP contribution in [0.4, 0.5) is 11.4 Å². The van der Waals surface area contributed by atoms with E-state index in [1.165, 1.54) is 48.5 Å². The van der Waals surface area contributed by atoms with E-state index in [4.69, 9.17) is 5.11 Å². The second kappa shape index (κ2) is 13.4. The van der Waals surface area contributed by atoms with Crippen molar-refractivity contribution in [1.82, 2.24) is 4.98 Å². The Morgan fingerprint density at radius 3 is 2.00 bits per heavy atom. The molecule has 53 heavy (non-hydrogen) atoms. The highest BCUT2D eigenvalue weighted by atomic mass is 32.2. The van der Waals surface area contributed by atoms with Gasteiger partial charge in [-0.05, 0) is 41.8 Å². The van der Waals surface area contributed by atoms with Gasteiger partial charge in [-0.25, -0.2) is 8.42 Å². The molecule has 4 aromatic carbocycles. The lowest BCUT2D eigenvalue weighted by Gasteiger charge is -2.26. The number of pyridine rings is 1. The van der Waals surface area contributed by atoms with E-state index >= 15 is 0 Å². The zero-order valence-corrected chi connectivity index (χ0v) is 29.2. The first kappa shape index (κ1) is 37.2. The summed E-state index contributed by atoms with van der Waals surface area (Å²) < 4.78 is 97.1. The maximum absolute atomic E-state index is 14.2. The quantitative estimate of drug-likeness (QED) is 0.0765. The molecule has 0 radical (unpaired) electrons.